The SMILES string of the molecule is COC(=O)N1CCC(Nc2ncnc3sc4c(c23)CCC4)CC1. The summed E-state index contributed by atoms with van der Waals surface area (Å²) in [5, 5.41) is 4.82. The predicted octanol–water partition coefficient (Wildman–Crippen LogP) is 2.82. The number of thiophene rings is 1. The second-order valence-electron chi connectivity index (χ2n) is 6.14. The standard InChI is InChI=1S/C16H20N4O2S/c1-22-16(21)20-7-5-10(6-8-20)19-14-13-11-3-2-4-12(11)23-15(13)18-9-17-14/h9-10H,2-8H2,1H3,(H,17,18,19). The van der Waals surface area contributed by atoms with Crippen LogP contribution >= 0.6 is 11.3 Å². The molecule has 0 saturated carbocycles. The molecule has 0 bridgehead atoms. The van der Waals surface area contributed by atoms with Crippen LogP contribution in [0.25, 0.3) is 10.2 Å². The highest BCUT2D eigenvalue weighted by molar-refractivity contribution is 7.19. The summed E-state index contributed by atoms with van der Waals surface area (Å²) in [6.45, 7) is 1.45. The maximum absolute atomic E-state index is 11.6. The van der Waals surface area contributed by atoms with Crippen molar-refractivity contribution in [1.29, 1.82) is 0 Å². The van der Waals surface area contributed by atoms with Crippen LogP contribution in [-0.4, -0.2) is 47.2 Å². The summed E-state index contributed by atoms with van der Waals surface area (Å²) < 4.78 is 4.79. The molecule has 23 heavy (non-hydrogen) atoms. The number of ether oxygens (including phenoxy) is 1. The number of anilines is 1. The third-order valence-corrected chi connectivity index (χ3v) is 5.97. The lowest BCUT2D eigenvalue weighted by Crippen LogP contribution is -2.42. The number of likely N-dealkylation sites (tertiary alicyclic amines) is 1. The number of aryl methyl sites for hydroxylation is 2. The number of nitrogens with zero attached hydrogens (tertiary/aromatic N) is 3. The van der Waals surface area contributed by atoms with Crippen LogP contribution in [-0.2, 0) is 17.6 Å². The van der Waals surface area contributed by atoms with E-state index in [0.29, 0.717) is 6.04 Å². The topological polar surface area (TPSA) is 67.3 Å². The molecule has 0 radical (unpaired) electrons. The molecule has 0 unspecified atom stereocenters. The van der Waals surface area contributed by atoms with Crippen molar-refractivity contribution in [3.05, 3.63) is 16.8 Å². The van der Waals surface area contributed by atoms with Crippen LogP contribution in [0, 0.1) is 0 Å². The van der Waals surface area contributed by atoms with E-state index < -0.39 is 0 Å². The fourth-order valence-electron chi connectivity index (χ4n) is 3.57. The van der Waals surface area contributed by atoms with Crippen molar-refractivity contribution in [3.8, 4) is 0 Å². The van der Waals surface area contributed by atoms with Crippen molar-refractivity contribution in [3.63, 3.8) is 0 Å². The molecule has 0 spiro atoms. The van der Waals surface area contributed by atoms with Crippen molar-refractivity contribution in [2.24, 2.45) is 0 Å². The monoisotopic (exact) mass is 332 g/mol. The first kappa shape index (κ1) is 14.7. The fraction of sp³-hybridized carbons (Fsp3) is 0.562. The largest absolute Gasteiger partial charge is 0.453 e. The average Bonchev–Trinajstić information content (AvgIpc) is 3.16. The number of amides is 1. The lowest BCUT2D eigenvalue weighted by Gasteiger charge is -2.31. The van der Waals surface area contributed by atoms with E-state index in [1.54, 1.807) is 11.2 Å². The lowest BCUT2D eigenvalue weighted by molar-refractivity contribution is 0.113. The minimum atomic E-state index is -0.233. The number of hydrogen-bond acceptors (Lipinski definition) is 6. The predicted molar refractivity (Wildman–Crippen MR) is 90.1 cm³/mol. The molecule has 4 rings (SSSR count). The minimum Gasteiger partial charge on any atom is -0.453 e. The van der Waals surface area contributed by atoms with Crippen LogP contribution in [0.2, 0.25) is 0 Å². The van der Waals surface area contributed by atoms with Gasteiger partial charge in [-0.25, -0.2) is 14.8 Å². The highest BCUT2D eigenvalue weighted by atomic mass is 32.1. The summed E-state index contributed by atoms with van der Waals surface area (Å²) in [5.74, 6) is 0.964. The van der Waals surface area contributed by atoms with E-state index in [2.05, 4.69) is 15.3 Å². The summed E-state index contributed by atoms with van der Waals surface area (Å²) in [5.41, 5.74) is 1.44. The Morgan fingerprint density at radius 2 is 2.17 bits per heavy atom. The number of methoxy groups -OCH3 is 1. The number of fused-ring (bicyclic) bond motifs is 3. The molecule has 7 heteroatoms. The smallest absolute Gasteiger partial charge is 0.409 e. The van der Waals surface area contributed by atoms with Crippen molar-refractivity contribution in [2.75, 3.05) is 25.5 Å². The van der Waals surface area contributed by atoms with Crippen LogP contribution in [0.1, 0.15) is 29.7 Å². The molecule has 1 fully saturated rings. The Morgan fingerprint density at radius 3 is 2.96 bits per heavy atom. The second-order valence-corrected chi connectivity index (χ2v) is 7.22. The Bertz CT molecular complexity index is 737. The van der Waals surface area contributed by atoms with Crippen molar-refractivity contribution in [1.82, 2.24) is 14.9 Å². The van der Waals surface area contributed by atoms with Crippen molar-refractivity contribution >= 4 is 33.5 Å². The van der Waals surface area contributed by atoms with Gasteiger partial charge >= 0.3 is 6.09 Å². The Kier molecular flexibility index (Phi) is 3.80. The van der Waals surface area contributed by atoms with Crippen LogP contribution < -0.4 is 5.32 Å². The molecule has 0 aromatic carbocycles. The van der Waals surface area contributed by atoms with Gasteiger partial charge in [-0.1, -0.05) is 0 Å². The van der Waals surface area contributed by atoms with Gasteiger partial charge in [-0.05, 0) is 37.7 Å². The summed E-state index contributed by atoms with van der Waals surface area (Å²) in [6, 6.07) is 0.339. The van der Waals surface area contributed by atoms with Gasteiger partial charge in [-0.2, -0.15) is 0 Å². The first-order valence-electron chi connectivity index (χ1n) is 8.11. The average molecular weight is 332 g/mol. The van der Waals surface area contributed by atoms with E-state index in [0.717, 1.165) is 43.0 Å². The van der Waals surface area contributed by atoms with Gasteiger partial charge in [0, 0.05) is 24.0 Å². The first-order valence-corrected chi connectivity index (χ1v) is 8.92. The normalized spacial score (nSPS) is 18.2. The molecule has 2 aromatic heterocycles. The second kappa shape index (κ2) is 5.96. The Morgan fingerprint density at radius 1 is 1.35 bits per heavy atom. The van der Waals surface area contributed by atoms with Crippen molar-refractivity contribution in [2.45, 2.75) is 38.1 Å². The molecule has 2 aromatic rings. The third-order valence-electron chi connectivity index (χ3n) is 4.77. The molecule has 1 N–H and O–H groups in total. The maximum Gasteiger partial charge on any atom is 0.409 e. The molecule has 6 nitrogen and oxygen atoms in total. The van der Waals surface area contributed by atoms with Crippen LogP contribution in [0.4, 0.5) is 10.6 Å². The summed E-state index contributed by atoms with van der Waals surface area (Å²) in [7, 11) is 1.43. The van der Waals surface area contributed by atoms with Gasteiger partial charge in [-0.3, -0.25) is 0 Å². The molecule has 3 heterocycles. The first-order chi connectivity index (χ1) is 11.3. The number of nitrogens with one attached hydrogen (secondary N) is 1. The lowest BCUT2D eigenvalue weighted by atomic mass is 10.0. The Hall–Kier alpha value is -1.89. The molecule has 1 saturated heterocycles. The van der Waals surface area contributed by atoms with Gasteiger partial charge in [-0.15, -0.1) is 11.3 Å². The Balaban J connectivity index is 1.52. The highest BCUT2D eigenvalue weighted by Crippen LogP contribution is 2.39. The molecular formula is C16H20N4O2S. The van der Waals surface area contributed by atoms with E-state index in [1.807, 2.05) is 11.3 Å². The summed E-state index contributed by atoms with van der Waals surface area (Å²) >= 11 is 1.81. The number of carbonyl (C=O) groups excluding carboxylic acids is 1. The summed E-state index contributed by atoms with van der Waals surface area (Å²) in [4.78, 5) is 24.8. The number of carbonyl (C=O) groups is 1. The highest BCUT2D eigenvalue weighted by Gasteiger charge is 2.26. The van der Waals surface area contributed by atoms with Gasteiger partial charge in [0.05, 0.1) is 12.5 Å². The van der Waals surface area contributed by atoms with Crippen LogP contribution in [0.3, 0.4) is 0 Å². The molecular weight excluding hydrogens is 312 g/mol. The van der Waals surface area contributed by atoms with Gasteiger partial charge in [0.1, 0.15) is 17.0 Å². The molecule has 1 aliphatic heterocycles. The van der Waals surface area contributed by atoms with E-state index in [-0.39, 0.29) is 6.09 Å². The van der Waals surface area contributed by atoms with E-state index in [9.17, 15) is 4.79 Å². The minimum absolute atomic E-state index is 0.233. The van der Waals surface area contributed by atoms with Crippen LogP contribution in [0.5, 0.6) is 0 Å². The third kappa shape index (κ3) is 2.63. The zero-order valence-electron chi connectivity index (χ0n) is 13.2. The van der Waals surface area contributed by atoms with Crippen LogP contribution in [0.15, 0.2) is 6.33 Å². The van der Waals surface area contributed by atoms with Gasteiger partial charge in [0.2, 0.25) is 0 Å². The van der Waals surface area contributed by atoms with Crippen molar-refractivity contribution < 1.29 is 9.53 Å². The number of rotatable bonds is 2. The molecule has 122 valence electrons. The molecule has 1 aliphatic carbocycles. The quantitative estimate of drug-likeness (QED) is 0.916. The van der Waals surface area contributed by atoms with E-state index in [1.165, 1.54) is 35.8 Å². The molecule has 1 amide bonds. The fourth-order valence-corrected chi connectivity index (χ4v) is 4.80. The molecule has 0 atom stereocenters. The van der Waals surface area contributed by atoms with Gasteiger partial charge in [0.15, 0.2) is 0 Å². The summed E-state index contributed by atoms with van der Waals surface area (Å²) in [6.07, 6.45) is 6.79. The zero-order chi connectivity index (χ0) is 15.8. The van der Waals surface area contributed by atoms with Gasteiger partial charge in [0.25, 0.3) is 0 Å². The number of piperidine rings is 1. The van der Waals surface area contributed by atoms with Gasteiger partial charge < -0.3 is 15.0 Å². The zero-order valence-corrected chi connectivity index (χ0v) is 14.0. The number of hydrogen-bond donors (Lipinski definition) is 1. The van der Waals surface area contributed by atoms with E-state index in [4.69, 9.17) is 4.74 Å². The van der Waals surface area contributed by atoms with E-state index >= 15 is 0 Å². The molecule has 2 aliphatic rings. The maximum atomic E-state index is 11.6. The Labute approximate surface area is 138 Å². The number of aromatic nitrogens is 2.